The monoisotopic (exact) mass is 206 g/mol. The first-order chi connectivity index (χ1) is 7.15. The molecule has 1 aromatic heterocycles. The van der Waals surface area contributed by atoms with E-state index in [0.717, 1.165) is 5.69 Å². The summed E-state index contributed by atoms with van der Waals surface area (Å²) in [4.78, 5) is 8.18. The maximum absolute atomic E-state index is 7.29. The van der Waals surface area contributed by atoms with Gasteiger partial charge in [0.2, 0.25) is 0 Å². The van der Waals surface area contributed by atoms with E-state index in [9.17, 15) is 0 Å². The molecule has 1 aliphatic carbocycles. The lowest BCUT2D eigenvalue weighted by Crippen LogP contribution is -2.15. The minimum Gasteiger partial charge on any atom is -0.463 e. The number of hydrogen-bond donors (Lipinski definition) is 2. The molecule has 1 aliphatic rings. The van der Waals surface area contributed by atoms with E-state index in [2.05, 4.69) is 9.97 Å². The number of rotatable bonds is 4. The Bertz CT molecular complexity index is 387. The zero-order valence-electron chi connectivity index (χ0n) is 8.66. The summed E-state index contributed by atoms with van der Waals surface area (Å²) < 4.78 is 5.43. The van der Waals surface area contributed by atoms with E-state index >= 15 is 0 Å². The van der Waals surface area contributed by atoms with Gasteiger partial charge < -0.3 is 10.5 Å². The van der Waals surface area contributed by atoms with Crippen molar-refractivity contribution in [3.05, 3.63) is 17.5 Å². The van der Waals surface area contributed by atoms with Gasteiger partial charge in [-0.15, -0.1) is 0 Å². The summed E-state index contributed by atoms with van der Waals surface area (Å²) in [6, 6.07) is 2.00. The summed E-state index contributed by atoms with van der Waals surface area (Å²) >= 11 is 0. The molecule has 15 heavy (non-hydrogen) atoms. The Labute approximate surface area is 88.2 Å². The van der Waals surface area contributed by atoms with Crippen LogP contribution in [0.15, 0.2) is 6.07 Å². The lowest BCUT2D eigenvalue weighted by molar-refractivity contribution is 0.275. The summed E-state index contributed by atoms with van der Waals surface area (Å²) in [5.41, 5.74) is 6.55. The predicted octanol–water partition coefficient (Wildman–Crippen LogP) is 0.858. The number of nitrogen functional groups attached to an aromatic ring is 1. The van der Waals surface area contributed by atoms with Crippen LogP contribution in [0.1, 0.15) is 24.2 Å². The van der Waals surface area contributed by atoms with Gasteiger partial charge in [-0.2, -0.15) is 4.98 Å². The van der Waals surface area contributed by atoms with Crippen LogP contribution < -0.4 is 10.5 Å². The van der Waals surface area contributed by atoms with Crippen molar-refractivity contribution >= 4 is 5.84 Å². The Hall–Kier alpha value is -1.65. The van der Waals surface area contributed by atoms with Crippen molar-refractivity contribution in [3.8, 4) is 6.01 Å². The number of nitrogens with one attached hydrogen (secondary N) is 1. The highest BCUT2D eigenvalue weighted by atomic mass is 16.5. The van der Waals surface area contributed by atoms with E-state index in [1.54, 1.807) is 6.07 Å². The lowest BCUT2D eigenvalue weighted by atomic mass is 10.3. The molecule has 1 fully saturated rings. The van der Waals surface area contributed by atoms with Gasteiger partial charge in [-0.3, -0.25) is 5.41 Å². The summed E-state index contributed by atoms with van der Waals surface area (Å²) in [6.07, 6.45) is 2.46. The first-order valence-electron chi connectivity index (χ1n) is 4.98. The summed E-state index contributed by atoms with van der Waals surface area (Å²) in [6.45, 7) is 2.50. The van der Waals surface area contributed by atoms with Crippen LogP contribution in [0.5, 0.6) is 6.01 Å². The third-order valence-electron chi connectivity index (χ3n) is 2.25. The minimum absolute atomic E-state index is 0.0585. The van der Waals surface area contributed by atoms with Crippen LogP contribution in [0, 0.1) is 18.3 Å². The molecule has 0 radical (unpaired) electrons. The molecule has 1 saturated carbocycles. The molecule has 1 aromatic rings. The van der Waals surface area contributed by atoms with Crippen LogP contribution in [0.3, 0.4) is 0 Å². The fourth-order valence-electron chi connectivity index (χ4n) is 1.22. The molecule has 0 aliphatic heterocycles. The average molecular weight is 206 g/mol. The molecule has 0 amide bonds. The first-order valence-corrected chi connectivity index (χ1v) is 4.98. The van der Waals surface area contributed by atoms with Crippen molar-refractivity contribution in [2.75, 3.05) is 6.61 Å². The summed E-state index contributed by atoms with van der Waals surface area (Å²) in [5.74, 6) is 0.603. The second-order valence-corrected chi connectivity index (χ2v) is 3.85. The van der Waals surface area contributed by atoms with Crippen LogP contribution in [-0.4, -0.2) is 22.4 Å². The third-order valence-corrected chi connectivity index (χ3v) is 2.25. The summed E-state index contributed by atoms with van der Waals surface area (Å²) in [7, 11) is 0. The maximum Gasteiger partial charge on any atom is 0.317 e. The second-order valence-electron chi connectivity index (χ2n) is 3.85. The molecule has 0 unspecified atom stereocenters. The Balaban J connectivity index is 2.10. The fourth-order valence-corrected chi connectivity index (χ4v) is 1.22. The molecule has 5 heteroatoms. The minimum atomic E-state index is -0.0585. The van der Waals surface area contributed by atoms with Gasteiger partial charge in [0.15, 0.2) is 0 Å². The molecular formula is C10H14N4O. The van der Waals surface area contributed by atoms with Gasteiger partial charge in [0.25, 0.3) is 0 Å². The Morgan fingerprint density at radius 3 is 2.93 bits per heavy atom. The molecule has 0 bridgehead atoms. The smallest absolute Gasteiger partial charge is 0.317 e. The van der Waals surface area contributed by atoms with Crippen molar-refractivity contribution < 1.29 is 4.74 Å². The van der Waals surface area contributed by atoms with E-state index in [-0.39, 0.29) is 5.84 Å². The van der Waals surface area contributed by atoms with Crippen LogP contribution in [-0.2, 0) is 0 Å². The molecule has 0 aromatic carbocycles. The topological polar surface area (TPSA) is 84.9 Å². The molecular weight excluding hydrogens is 192 g/mol. The molecule has 0 atom stereocenters. The van der Waals surface area contributed by atoms with Crippen molar-refractivity contribution in [1.82, 2.24) is 9.97 Å². The first kappa shape index (κ1) is 9.89. The van der Waals surface area contributed by atoms with Crippen molar-refractivity contribution in [3.63, 3.8) is 0 Å². The highest BCUT2D eigenvalue weighted by molar-refractivity contribution is 5.93. The quantitative estimate of drug-likeness (QED) is 0.565. The SMILES string of the molecule is Cc1cc(C(=N)N)nc(OCC2CC2)n1. The van der Waals surface area contributed by atoms with E-state index in [1.807, 2.05) is 6.92 Å². The zero-order valence-corrected chi connectivity index (χ0v) is 8.66. The van der Waals surface area contributed by atoms with Gasteiger partial charge in [-0.1, -0.05) is 0 Å². The zero-order chi connectivity index (χ0) is 10.8. The van der Waals surface area contributed by atoms with Gasteiger partial charge in [0, 0.05) is 5.69 Å². The normalized spacial score (nSPS) is 15.0. The van der Waals surface area contributed by atoms with Gasteiger partial charge in [-0.05, 0) is 31.7 Å². The summed E-state index contributed by atoms with van der Waals surface area (Å²) in [5, 5.41) is 7.29. The number of amidine groups is 1. The lowest BCUT2D eigenvalue weighted by Gasteiger charge is -2.05. The molecule has 1 heterocycles. The number of nitrogens with zero attached hydrogens (tertiary/aromatic N) is 2. The van der Waals surface area contributed by atoms with E-state index < -0.39 is 0 Å². The Kier molecular flexibility index (Phi) is 2.53. The van der Waals surface area contributed by atoms with Crippen LogP contribution in [0.25, 0.3) is 0 Å². The predicted molar refractivity (Wildman–Crippen MR) is 56.0 cm³/mol. The number of aryl methyl sites for hydroxylation is 1. The number of nitrogens with two attached hydrogens (primary N) is 1. The fraction of sp³-hybridized carbons (Fsp3) is 0.500. The van der Waals surface area contributed by atoms with Crippen LogP contribution in [0.2, 0.25) is 0 Å². The highest BCUT2D eigenvalue weighted by Gasteiger charge is 2.22. The van der Waals surface area contributed by atoms with Crippen molar-refractivity contribution in [1.29, 1.82) is 5.41 Å². The van der Waals surface area contributed by atoms with Crippen LogP contribution in [0.4, 0.5) is 0 Å². The number of aromatic nitrogens is 2. The van der Waals surface area contributed by atoms with Gasteiger partial charge >= 0.3 is 6.01 Å². The molecule has 5 nitrogen and oxygen atoms in total. The Morgan fingerprint density at radius 2 is 2.33 bits per heavy atom. The number of hydrogen-bond acceptors (Lipinski definition) is 4. The molecule has 3 N–H and O–H groups in total. The van der Waals surface area contributed by atoms with E-state index in [4.69, 9.17) is 15.9 Å². The molecule has 0 spiro atoms. The Morgan fingerprint density at radius 1 is 1.60 bits per heavy atom. The molecule has 2 rings (SSSR count). The van der Waals surface area contributed by atoms with Gasteiger partial charge in [0.1, 0.15) is 11.5 Å². The van der Waals surface area contributed by atoms with Crippen molar-refractivity contribution in [2.24, 2.45) is 11.7 Å². The largest absolute Gasteiger partial charge is 0.463 e. The molecule has 80 valence electrons. The average Bonchev–Trinajstić information content (AvgIpc) is 2.97. The van der Waals surface area contributed by atoms with Crippen molar-refractivity contribution in [2.45, 2.75) is 19.8 Å². The molecule has 0 saturated heterocycles. The van der Waals surface area contributed by atoms with E-state index in [1.165, 1.54) is 12.8 Å². The highest BCUT2D eigenvalue weighted by Crippen LogP contribution is 2.28. The third kappa shape index (κ3) is 2.65. The maximum atomic E-state index is 7.29. The second kappa shape index (κ2) is 3.84. The van der Waals surface area contributed by atoms with Crippen LogP contribution >= 0.6 is 0 Å². The van der Waals surface area contributed by atoms with Gasteiger partial charge in [0.05, 0.1) is 6.61 Å². The van der Waals surface area contributed by atoms with E-state index in [0.29, 0.717) is 24.2 Å². The standard InChI is InChI=1S/C10H14N4O/c1-6-4-8(9(11)12)14-10(13-6)15-5-7-2-3-7/h4,7H,2-3,5H2,1H3,(H3,11,12). The van der Waals surface area contributed by atoms with Gasteiger partial charge in [-0.25, -0.2) is 4.98 Å². The number of ether oxygens (including phenoxy) is 1.